The summed E-state index contributed by atoms with van der Waals surface area (Å²) in [7, 11) is 1.86. The Bertz CT molecular complexity index is 478. The fraction of sp³-hybridized carbons (Fsp3) is 0.273. The van der Waals surface area contributed by atoms with E-state index in [0.717, 1.165) is 16.7 Å². The zero-order valence-electron chi connectivity index (χ0n) is 8.89. The van der Waals surface area contributed by atoms with Gasteiger partial charge in [-0.3, -0.25) is 0 Å². The SMILES string of the molecule is Cn1c(CO)nnc1Cc1ccc(Br)cc1. The van der Waals surface area contributed by atoms with Gasteiger partial charge in [0, 0.05) is 17.9 Å². The predicted molar refractivity (Wildman–Crippen MR) is 63.9 cm³/mol. The average molecular weight is 282 g/mol. The van der Waals surface area contributed by atoms with Crippen LogP contribution in [0.15, 0.2) is 28.7 Å². The van der Waals surface area contributed by atoms with E-state index in [-0.39, 0.29) is 6.61 Å². The third-order valence-corrected chi connectivity index (χ3v) is 3.00. The van der Waals surface area contributed by atoms with E-state index in [1.165, 1.54) is 5.56 Å². The van der Waals surface area contributed by atoms with Crippen LogP contribution in [0.5, 0.6) is 0 Å². The lowest BCUT2D eigenvalue weighted by Crippen LogP contribution is -2.02. The summed E-state index contributed by atoms with van der Waals surface area (Å²) in [4.78, 5) is 0. The molecule has 0 aliphatic rings. The molecular weight excluding hydrogens is 270 g/mol. The van der Waals surface area contributed by atoms with Crippen LogP contribution in [0.1, 0.15) is 17.2 Å². The topological polar surface area (TPSA) is 50.9 Å². The number of halogens is 1. The number of hydrogen-bond donors (Lipinski definition) is 1. The molecule has 0 radical (unpaired) electrons. The zero-order valence-corrected chi connectivity index (χ0v) is 10.5. The molecule has 4 nitrogen and oxygen atoms in total. The molecular formula is C11H12BrN3O. The lowest BCUT2D eigenvalue weighted by Gasteiger charge is -2.02. The molecule has 16 heavy (non-hydrogen) atoms. The fourth-order valence-electron chi connectivity index (χ4n) is 1.48. The van der Waals surface area contributed by atoms with Crippen LogP contribution in [0.4, 0.5) is 0 Å². The average Bonchev–Trinajstić information content (AvgIpc) is 2.63. The third kappa shape index (κ3) is 2.31. The Labute approximate surface area is 102 Å². The van der Waals surface area contributed by atoms with Crippen molar-refractivity contribution < 1.29 is 5.11 Å². The van der Waals surface area contributed by atoms with Gasteiger partial charge in [0.15, 0.2) is 5.82 Å². The quantitative estimate of drug-likeness (QED) is 0.931. The molecule has 5 heteroatoms. The molecule has 0 aliphatic carbocycles. The minimum atomic E-state index is -0.0795. The second kappa shape index (κ2) is 4.76. The van der Waals surface area contributed by atoms with Crippen LogP contribution >= 0.6 is 15.9 Å². The monoisotopic (exact) mass is 281 g/mol. The van der Waals surface area contributed by atoms with Gasteiger partial charge in [0.1, 0.15) is 12.4 Å². The summed E-state index contributed by atoms with van der Waals surface area (Å²) in [5, 5.41) is 17.0. The Balaban J connectivity index is 2.20. The standard InChI is InChI=1S/C11H12BrN3O/c1-15-10(13-14-11(15)7-16)6-8-2-4-9(12)5-3-8/h2-5,16H,6-7H2,1H3. The highest BCUT2D eigenvalue weighted by molar-refractivity contribution is 9.10. The van der Waals surface area contributed by atoms with Crippen molar-refractivity contribution in [1.82, 2.24) is 14.8 Å². The summed E-state index contributed by atoms with van der Waals surface area (Å²) in [5.41, 5.74) is 1.17. The van der Waals surface area contributed by atoms with E-state index >= 15 is 0 Å². The molecule has 2 aromatic rings. The first-order valence-electron chi connectivity index (χ1n) is 4.93. The van der Waals surface area contributed by atoms with Gasteiger partial charge < -0.3 is 9.67 Å². The molecule has 0 atom stereocenters. The molecule has 0 bridgehead atoms. The molecule has 0 spiro atoms. The van der Waals surface area contributed by atoms with Crippen LogP contribution in [-0.4, -0.2) is 19.9 Å². The zero-order chi connectivity index (χ0) is 11.5. The Hall–Kier alpha value is -1.20. The van der Waals surface area contributed by atoms with E-state index in [1.54, 1.807) is 0 Å². The Kier molecular flexibility index (Phi) is 3.36. The van der Waals surface area contributed by atoms with Crippen LogP contribution in [0, 0.1) is 0 Å². The van der Waals surface area contributed by atoms with Crippen molar-refractivity contribution >= 4 is 15.9 Å². The minimum absolute atomic E-state index is 0.0795. The van der Waals surface area contributed by atoms with Gasteiger partial charge in [-0.25, -0.2) is 0 Å². The van der Waals surface area contributed by atoms with E-state index in [4.69, 9.17) is 5.11 Å². The van der Waals surface area contributed by atoms with E-state index in [1.807, 2.05) is 35.9 Å². The van der Waals surface area contributed by atoms with Gasteiger partial charge in [0.05, 0.1) is 0 Å². The van der Waals surface area contributed by atoms with Gasteiger partial charge in [0.2, 0.25) is 0 Å². The molecule has 0 unspecified atom stereocenters. The van der Waals surface area contributed by atoms with Gasteiger partial charge in [-0.2, -0.15) is 0 Å². The molecule has 1 aromatic heterocycles. The Morgan fingerprint density at radius 3 is 2.38 bits per heavy atom. The highest BCUT2D eigenvalue weighted by Crippen LogP contribution is 2.13. The molecule has 0 amide bonds. The second-order valence-corrected chi connectivity index (χ2v) is 4.47. The number of aliphatic hydroxyl groups is 1. The van der Waals surface area contributed by atoms with Gasteiger partial charge in [-0.05, 0) is 17.7 Å². The van der Waals surface area contributed by atoms with Crippen LogP contribution < -0.4 is 0 Å². The van der Waals surface area contributed by atoms with E-state index in [0.29, 0.717) is 5.82 Å². The first-order valence-corrected chi connectivity index (χ1v) is 5.72. The number of aromatic nitrogens is 3. The van der Waals surface area contributed by atoms with Crippen molar-refractivity contribution in [1.29, 1.82) is 0 Å². The van der Waals surface area contributed by atoms with E-state index in [2.05, 4.69) is 26.1 Å². The van der Waals surface area contributed by atoms with Crippen molar-refractivity contribution in [3.63, 3.8) is 0 Å². The summed E-state index contributed by atoms with van der Waals surface area (Å²) in [6, 6.07) is 8.08. The fourth-order valence-corrected chi connectivity index (χ4v) is 1.74. The maximum Gasteiger partial charge on any atom is 0.158 e. The number of nitrogens with zero attached hydrogens (tertiary/aromatic N) is 3. The third-order valence-electron chi connectivity index (χ3n) is 2.47. The summed E-state index contributed by atoms with van der Waals surface area (Å²) >= 11 is 3.39. The number of hydrogen-bond acceptors (Lipinski definition) is 3. The maximum absolute atomic E-state index is 9.00. The van der Waals surface area contributed by atoms with Gasteiger partial charge in [-0.1, -0.05) is 28.1 Å². The number of aliphatic hydroxyl groups excluding tert-OH is 1. The second-order valence-electron chi connectivity index (χ2n) is 3.55. The summed E-state index contributed by atoms with van der Waals surface area (Å²) in [5.74, 6) is 1.44. The number of rotatable bonds is 3. The van der Waals surface area contributed by atoms with Crippen LogP contribution in [-0.2, 0) is 20.1 Å². The van der Waals surface area contributed by atoms with Crippen molar-refractivity contribution in [3.05, 3.63) is 46.0 Å². The lowest BCUT2D eigenvalue weighted by molar-refractivity contribution is 0.266. The molecule has 0 saturated carbocycles. The Morgan fingerprint density at radius 2 is 1.81 bits per heavy atom. The largest absolute Gasteiger partial charge is 0.388 e. The molecule has 1 aromatic carbocycles. The van der Waals surface area contributed by atoms with E-state index < -0.39 is 0 Å². The molecule has 0 saturated heterocycles. The summed E-state index contributed by atoms with van der Waals surface area (Å²) < 4.78 is 2.88. The lowest BCUT2D eigenvalue weighted by atomic mass is 10.1. The minimum Gasteiger partial charge on any atom is -0.388 e. The highest BCUT2D eigenvalue weighted by Gasteiger charge is 2.07. The summed E-state index contributed by atoms with van der Waals surface area (Å²) in [6.45, 7) is -0.0795. The van der Waals surface area contributed by atoms with Crippen molar-refractivity contribution in [2.24, 2.45) is 7.05 Å². The van der Waals surface area contributed by atoms with Crippen molar-refractivity contribution in [3.8, 4) is 0 Å². The van der Waals surface area contributed by atoms with Gasteiger partial charge in [0.25, 0.3) is 0 Å². The first kappa shape index (κ1) is 11.3. The van der Waals surface area contributed by atoms with Crippen LogP contribution in [0.2, 0.25) is 0 Å². The first-order chi connectivity index (χ1) is 7.70. The molecule has 0 aliphatic heterocycles. The van der Waals surface area contributed by atoms with Crippen LogP contribution in [0.3, 0.4) is 0 Å². The predicted octanol–water partition coefficient (Wildman–Crippen LogP) is 1.66. The van der Waals surface area contributed by atoms with Crippen molar-refractivity contribution in [2.45, 2.75) is 13.0 Å². The van der Waals surface area contributed by atoms with Gasteiger partial charge >= 0.3 is 0 Å². The molecule has 84 valence electrons. The van der Waals surface area contributed by atoms with Crippen molar-refractivity contribution in [2.75, 3.05) is 0 Å². The van der Waals surface area contributed by atoms with Gasteiger partial charge in [-0.15, -0.1) is 10.2 Å². The highest BCUT2D eigenvalue weighted by atomic mass is 79.9. The molecule has 1 N–H and O–H groups in total. The normalized spacial score (nSPS) is 10.7. The van der Waals surface area contributed by atoms with E-state index in [9.17, 15) is 0 Å². The number of benzene rings is 1. The molecule has 0 fully saturated rings. The summed E-state index contributed by atoms with van der Waals surface area (Å²) in [6.07, 6.45) is 0.719. The Morgan fingerprint density at radius 1 is 1.19 bits per heavy atom. The van der Waals surface area contributed by atoms with Crippen LogP contribution in [0.25, 0.3) is 0 Å². The molecule has 2 rings (SSSR count). The molecule has 1 heterocycles. The smallest absolute Gasteiger partial charge is 0.158 e. The maximum atomic E-state index is 9.00.